The fourth-order valence-electron chi connectivity index (χ4n) is 3.02. The van der Waals surface area contributed by atoms with E-state index in [2.05, 4.69) is 5.32 Å². The van der Waals surface area contributed by atoms with Crippen LogP contribution in [-0.2, 0) is 14.3 Å². The lowest BCUT2D eigenvalue weighted by atomic mass is 9.71. The number of nitrogens with two attached hydrogens (primary N) is 1. The molecular weight excluding hydrogens is 399 g/mol. The van der Waals surface area contributed by atoms with Crippen LogP contribution in [-0.4, -0.2) is 61.9 Å². The van der Waals surface area contributed by atoms with Gasteiger partial charge < -0.3 is 31.1 Å². The van der Waals surface area contributed by atoms with Crippen molar-refractivity contribution in [2.75, 3.05) is 0 Å². The molecule has 6 N–H and O–H groups in total. The number of amides is 1. The lowest BCUT2D eigenvalue weighted by Gasteiger charge is -2.50. The number of aliphatic hydroxyl groups excluding tert-OH is 3. The summed E-state index contributed by atoms with van der Waals surface area (Å²) in [6.45, 7) is 2.84. The number of carbonyl (C=O) groups excluding carboxylic acids is 2. The zero-order chi connectivity index (χ0) is 18.4. The molecular formula is C14H21Cl3N2O6. The summed E-state index contributed by atoms with van der Waals surface area (Å²) in [7, 11) is 0. The van der Waals surface area contributed by atoms with Gasteiger partial charge in [0.25, 0.3) is 0 Å². The SMILES string of the molecule is C[C@H](N)C(=O)N[C@@H]1[C@H]2C(=C(O)C[C@@H](O)[C@@H]2O)C(=O)O[C@]1(C)C(Cl)Cl.Cl. The smallest absolute Gasteiger partial charge is 0.338 e. The summed E-state index contributed by atoms with van der Waals surface area (Å²) in [5.41, 5.74) is 3.73. The lowest BCUT2D eigenvalue weighted by molar-refractivity contribution is -0.173. The largest absolute Gasteiger partial charge is 0.512 e. The topological polar surface area (TPSA) is 142 Å². The minimum Gasteiger partial charge on any atom is -0.512 e. The Hall–Kier alpha value is -0.770. The average molecular weight is 420 g/mol. The second kappa shape index (κ2) is 7.85. The highest BCUT2D eigenvalue weighted by molar-refractivity contribution is 6.45. The van der Waals surface area contributed by atoms with Gasteiger partial charge in [0.15, 0.2) is 5.60 Å². The van der Waals surface area contributed by atoms with Crippen molar-refractivity contribution >= 4 is 47.5 Å². The molecule has 1 aliphatic heterocycles. The number of rotatable bonds is 3. The quantitative estimate of drug-likeness (QED) is 0.318. The van der Waals surface area contributed by atoms with Crippen LogP contribution in [0.15, 0.2) is 11.3 Å². The molecule has 0 radical (unpaired) electrons. The molecule has 0 aromatic rings. The van der Waals surface area contributed by atoms with Crippen LogP contribution < -0.4 is 11.1 Å². The van der Waals surface area contributed by atoms with Crippen molar-refractivity contribution in [1.82, 2.24) is 5.32 Å². The van der Waals surface area contributed by atoms with Crippen molar-refractivity contribution in [3.63, 3.8) is 0 Å². The molecule has 0 unspecified atom stereocenters. The predicted molar refractivity (Wildman–Crippen MR) is 92.6 cm³/mol. The molecule has 0 spiro atoms. The van der Waals surface area contributed by atoms with Gasteiger partial charge in [-0.1, -0.05) is 0 Å². The zero-order valence-electron chi connectivity index (χ0n) is 13.5. The van der Waals surface area contributed by atoms with Crippen LogP contribution in [0.25, 0.3) is 0 Å². The van der Waals surface area contributed by atoms with Gasteiger partial charge in [0, 0.05) is 12.3 Å². The van der Waals surface area contributed by atoms with Crippen molar-refractivity contribution in [2.45, 2.75) is 55.0 Å². The fraction of sp³-hybridized carbons (Fsp3) is 0.714. The molecule has 2 aliphatic rings. The van der Waals surface area contributed by atoms with E-state index < -0.39 is 58.3 Å². The van der Waals surface area contributed by atoms with E-state index in [9.17, 15) is 24.9 Å². The van der Waals surface area contributed by atoms with Crippen LogP contribution in [0, 0.1) is 5.92 Å². The maximum absolute atomic E-state index is 12.3. The Bertz CT molecular complexity index is 585. The predicted octanol–water partition coefficient (Wildman–Crippen LogP) is -0.0868. The number of nitrogens with one attached hydrogen (secondary N) is 1. The summed E-state index contributed by atoms with van der Waals surface area (Å²) < 4.78 is 5.28. The Balaban J connectivity index is 0.00000312. The van der Waals surface area contributed by atoms with E-state index in [-0.39, 0.29) is 24.4 Å². The van der Waals surface area contributed by atoms with Crippen molar-refractivity contribution in [1.29, 1.82) is 0 Å². The minimum absolute atomic E-state index is 0. The van der Waals surface area contributed by atoms with E-state index >= 15 is 0 Å². The number of hydrogen-bond acceptors (Lipinski definition) is 7. The van der Waals surface area contributed by atoms with Gasteiger partial charge in [-0.25, -0.2) is 4.79 Å². The molecule has 0 bridgehead atoms. The molecule has 25 heavy (non-hydrogen) atoms. The maximum Gasteiger partial charge on any atom is 0.338 e. The van der Waals surface area contributed by atoms with Crippen LogP contribution in [0.3, 0.4) is 0 Å². The fourth-order valence-corrected chi connectivity index (χ4v) is 3.38. The molecule has 1 aliphatic carbocycles. The Labute approximate surface area is 160 Å². The van der Waals surface area contributed by atoms with Gasteiger partial charge in [-0.3, -0.25) is 4.79 Å². The third-order valence-corrected chi connectivity index (χ3v) is 5.33. The molecule has 11 heteroatoms. The first-order valence-electron chi connectivity index (χ1n) is 7.36. The first kappa shape index (κ1) is 22.3. The first-order chi connectivity index (χ1) is 11.0. The summed E-state index contributed by atoms with van der Waals surface area (Å²) in [4.78, 5) is 23.1. The number of hydrogen-bond donors (Lipinski definition) is 5. The number of cyclic esters (lactones) is 1. The Morgan fingerprint density at radius 2 is 2.00 bits per heavy atom. The van der Waals surface area contributed by atoms with Gasteiger partial charge in [0.05, 0.1) is 29.9 Å². The maximum atomic E-state index is 12.3. The summed E-state index contributed by atoms with van der Waals surface area (Å²) in [5, 5.41) is 32.9. The molecule has 1 heterocycles. The van der Waals surface area contributed by atoms with Crippen molar-refractivity contribution in [3.05, 3.63) is 11.3 Å². The molecule has 0 saturated carbocycles. The number of esters is 1. The standard InChI is InChI=1S/C14H20Cl2N2O6.ClH/c1-4(17)11(22)18-10-8-7(5(19)3-6(20)9(8)21)12(23)24-14(10,2)13(15)16;/h4,6,8-10,13,19-21H,3,17H2,1-2H3,(H,18,22);1H/t4-,6+,8-,9-,10+,14-;/m0./s1. The highest BCUT2D eigenvalue weighted by Gasteiger charge is 2.59. The summed E-state index contributed by atoms with van der Waals surface area (Å²) in [5.74, 6) is -3.07. The molecule has 8 nitrogen and oxygen atoms in total. The molecule has 1 amide bonds. The second-order valence-electron chi connectivity index (χ2n) is 6.30. The number of alkyl halides is 2. The lowest BCUT2D eigenvalue weighted by Crippen LogP contribution is -2.68. The normalized spacial score (nSPS) is 36.2. The number of halogens is 3. The highest BCUT2D eigenvalue weighted by Crippen LogP contribution is 2.44. The summed E-state index contributed by atoms with van der Waals surface area (Å²) >= 11 is 11.9. The van der Waals surface area contributed by atoms with E-state index in [0.29, 0.717) is 0 Å². The van der Waals surface area contributed by atoms with Gasteiger partial charge in [-0.05, 0) is 13.8 Å². The van der Waals surface area contributed by atoms with Crippen LogP contribution in [0.4, 0.5) is 0 Å². The molecule has 144 valence electrons. The van der Waals surface area contributed by atoms with Gasteiger partial charge in [-0.2, -0.15) is 0 Å². The van der Waals surface area contributed by atoms with Gasteiger partial charge in [0.1, 0.15) is 10.6 Å². The summed E-state index contributed by atoms with van der Waals surface area (Å²) in [6, 6.07) is -1.99. The Morgan fingerprint density at radius 3 is 2.48 bits per heavy atom. The molecule has 2 rings (SSSR count). The second-order valence-corrected chi connectivity index (χ2v) is 7.39. The van der Waals surface area contributed by atoms with Gasteiger partial charge in [-0.15, -0.1) is 35.6 Å². The zero-order valence-corrected chi connectivity index (χ0v) is 15.8. The Morgan fingerprint density at radius 1 is 1.44 bits per heavy atom. The molecule has 0 aromatic carbocycles. The number of fused-ring (bicyclic) bond motifs is 1. The monoisotopic (exact) mass is 418 g/mol. The van der Waals surface area contributed by atoms with Crippen LogP contribution in [0.2, 0.25) is 0 Å². The van der Waals surface area contributed by atoms with Crippen LogP contribution >= 0.6 is 35.6 Å². The van der Waals surface area contributed by atoms with Gasteiger partial charge >= 0.3 is 5.97 Å². The first-order valence-corrected chi connectivity index (χ1v) is 8.23. The third kappa shape index (κ3) is 3.84. The van der Waals surface area contributed by atoms with Crippen molar-refractivity contribution < 1.29 is 29.6 Å². The number of carbonyl (C=O) groups is 2. The van der Waals surface area contributed by atoms with E-state index in [4.69, 9.17) is 33.7 Å². The molecule has 6 atom stereocenters. The van der Waals surface area contributed by atoms with E-state index in [1.165, 1.54) is 13.8 Å². The molecule has 1 saturated heterocycles. The van der Waals surface area contributed by atoms with Gasteiger partial charge in [0.2, 0.25) is 5.91 Å². The third-order valence-electron chi connectivity index (χ3n) is 4.46. The molecule has 0 aromatic heterocycles. The van der Waals surface area contributed by atoms with E-state index in [0.717, 1.165) is 0 Å². The minimum atomic E-state index is -1.60. The number of ether oxygens (including phenoxy) is 1. The molecule has 1 fully saturated rings. The average Bonchev–Trinajstić information content (AvgIpc) is 2.46. The highest BCUT2D eigenvalue weighted by atomic mass is 35.5. The van der Waals surface area contributed by atoms with E-state index in [1.807, 2.05) is 0 Å². The van der Waals surface area contributed by atoms with Crippen molar-refractivity contribution in [2.24, 2.45) is 11.7 Å². The Kier molecular flexibility index (Phi) is 7.00. The van der Waals surface area contributed by atoms with E-state index in [1.54, 1.807) is 0 Å². The van der Waals surface area contributed by atoms with Crippen LogP contribution in [0.5, 0.6) is 0 Å². The number of aliphatic hydroxyl groups is 3. The van der Waals surface area contributed by atoms with Crippen molar-refractivity contribution in [3.8, 4) is 0 Å². The summed E-state index contributed by atoms with van der Waals surface area (Å²) in [6.07, 6.45) is -3.07. The van der Waals surface area contributed by atoms with Crippen LogP contribution in [0.1, 0.15) is 20.3 Å².